The van der Waals surface area contributed by atoms with Crippen LogP contribution in [0.2, 0.25) is 0 Å². The van der Waals surface area contributed by atoms with Crippen molar-refractivity contribution in [3.05, 3.63) is 23.7 Å². The van der Waals surface area contributed by atoms with Gasteiger partial charge in [0.25, 0.3) is 10.0 Å². The predicted molar refractivity (Wildman–Crippen MR) is 81.3 cm³/mol. The number of nitrogens with zero attached hydrogens (tertiary/aromatic N) is 4. The molecule has 0 spiro atoms. The number of aryl methyl sites for hydroxylation is 1. The van der Waals surface area contributed by atoms with Gasteiger partial charge < -0.3 is 0 Å². The minimum absolute atomic E-state index is 0.257. The fourth-order valence-corrected chi connectivity index (χ4v) is 4.54. The molecule has 0 atom stereocenters. The van der Waals surface area contributed by atoms with Crippen molar-refractivity contribution in [1.29, 1.82) is 0 Å². The Bertz CT molecular complexity index is 803. The summed E-state index contributed by atoms with van der Waals surface area (Å²) in [6, 6.07) is 0.355. The van der Waals surface area contributed by atoms with Crippen molar-refractivity contribution in [2.75, 3.05) is 10.8 Å². The van der Waals surface area contributed by atoms with Gasteiger partial charge in [-0.3, -0.25) is 9.78 Å². The normalized spacial score (nSPS) is 19.0. The van der Waals surface area contributed by atoms with E-state index in [4.69, 9.17) is 0 Å². The summed E-state index contributed by atoms with van der Waals surface area (Å²) in [5.74, 6) is 0.542. The monoisotopic (exact) mass is 321 g/mol. The van der Waals surface area contributed by atoms with E-state index in [-0.39, 0.29) is 4.90 Å². The van der Waals surface area contributed by atoms with E-state index in [1.165, 1.54) is 16.9 Å². The van der Waals surface area contributed by atoms with Crippen molar-refractivity contribution < 1.29 is 8.42 Å². The molecule has 2 aromatic heterocycles. The van der Waals surface area contributed by atoms with Gasteiger partial charge in [-0.1, -0.05) is 0 Å². The van der Waals surface area contributed by atoms with Gasteiger partial charge in [-0.25, -0.2) is 12.7 Å². The van der Waals surface area contributed by atoms with Gasteiger partial charge in [-0.15, -0.1) is 0 Å². The maximum atomic E-state index is 12.9. The largest absolute Gasteiger partial charge is 0.280 e. The van der Waals surface area contributed by atoms with Gasteiger partial charge in [0.15, 0.2) is 5.82 Å². The molecule has 7 nitrogen and oxygen atoms in total. The summed E-state index contributed by atoms with van der Waals surface area (Å²) in [6.07, 6.45) is 8.14. The van der Waals surface area contributed by atoms with E-state index in [1.807, 2.05) is 6.92 Å². The van der Waals surface area contributed by atoms with Gasteiger partial charge in [0, 0.05) is 24.0 Å². The van der Waals surface area contributed by atoms with Crippen LogP contribution in [0.15, 0.2) is 17.3 Å². The first kappa shape index (κ1) is 13.8. The molecule has 0 radical (unpaired) electrons. The second-order valence-corrected chi connectivity index (χ2v) is 7.93. The average Bonchev–Trinajstić information content (AvgIpc) is 3.05. The number of aromatic nitrogens is 4. The Morgan fingerprint density at radius 3 is 2.86 bits per heavy atom. The van der Waals surface area contributed by atoms with Gasteiger partial charge >= 0.3 is 0 Å². The van der Waals surface area contributed by atoms with E-state index in [9.17, 15) is 8.42 Å². The molecule has 8 heteroatoms. The molecular weight excluding hydrogens is 302 g/mol. The molecule has 0 amide bonds. The fraction of sp³-hybridized carbons (Fsp3) is 0.571. The summed E-state index contributed by atoms with van der Waals surface area (Å²) in [6.45, 7) is 2.39. The lowest BCUT2D eigenvalue weighted by Gasteiger charge is -2.27. The summed E-state index contributed by atoms with van der Waals surface area (Å²) in [4.78, 5) is 0.257. The molecule has 1 fully saturated rings. The van der Waals surface area contributed by atoms with Crippen molar-refractivity contribution in [1.82, 2.24) is 20.0 Å². The van der Waals surface area contributed by atoms with Gasteiger partial charge in [0.05, 0.1) is 12.2 Å². The number of rotatable bonds is 3. The van der Waals surface area contributed by atoms with Crippen molar-refractivity contribution in [3.63, 3.8) is 0 Å². The molecule has 2 aliphatic rings. The Morgan fingerprint density at radius 2 is 2.14 bits per heavy atom. The summed E-state index contributed by atoms with van der Waals surface area (Å²) in [5, 5.41) is 11.3. The first-order valence-electron chi connectivity index (χ1n) is 7.68. The number of sulfonamides is 1. The minimum atomic E-state index is -3.59. The molecule has 22 heavy (non-hydrogen) atoms. The SMILES string of the molecule is Cc1[nH]nc2c1CCCN2S(=O)(=O)c1cnn(C2CCC2)c1. The first-order valence-corrected chi connectivity index (χ1v) is 9.12. The Labute approximate surface area is 129 Å². The maximum Gasteiger partial charge on any atom is 0.268 e. The number of H-pyrrole nitrogens is 1. The lowest BCUT2D eigenvalue weighted by atomic mass is 9.93. The second-order valence-electron chi connectivity index (χ2n) is 6.07. The second kappa shape index (κ2) is 4.84. The molecule has 0 saturated heterocycles. The molecule has 4 rings (SSSR count). The van der Waals surface area contributed by atoms with E-state index in [2.05, 4.69) is 15.3 Å². The van der Waals surface area contributed by atoms with Crippen molar-refractivity contribution in [3.8, 4) is 0 Å². The highest BCUT2D eigenvalue weighted by atomic mass is 32.2. The van der Waals surface area contributed by atoms with Crippen LogP contribution in [0.3, 0.4) is 0 Å². The van der Waals surface area contributed by atoms with Crippen LogP contribution in [0.5, 0.6) is 0 Å². The highest BCUT2D eigenvalue weighted by Gasteiger charge is 2.33. The van der Waals surface area contributed by atoms with Gasteiger partial charge in [0.2, 0.25) is 0 Å². The zero-order chi connectivity index (χ0) is 15.3. The van der Waals surface area contributed by atoms with Crippen LogP contribution in [0.1, 0.15) is 43.0 Å². The van der Waals surface area contributed by atoms with E-state index in [0.29, 0.717) is 18.4 Å². The lowest BCUT2D eigenvalue weighted by molar-refractivity contribution is 0.289. The summed E-state index contributed by atoms with van der Waals surface area (Å²) in [7, 11) is -3.59. The van der Waals surface area contributed by atoms with Crippen LogP contribution < -0.4 is 4.31 Å². The molecule has 2 aromatic rings. The molecule has 0 aromatic carbocycles. The van der Waals surface area contributed by atoms with Gasteiger partial charge in [-0.05, 0) is 39.0 Å². The number of aromatic amines is 1. The van der Waals surface area contributed by atoms with Crippen LogP contribution in [0, 0.1) is 6.92 Å². The molecule has 3 heterocycles. The van der Waals surface area contributed by atoms with E-state index in [1.54, 1.807) is 10.9 Å². The average molecular weight is 321 g/mol. The Hall–Kier alpha value is -1.83. The Kier molecular flexibility index (Phi) is 3.04. The standard InChI is InChI=1S/C14H19N5O2S/c1-10-13-6-3-7-19(14(13)17-16-10)22(20,21)12-8-15-18(9-12)11-4-2-5-11/h8-9,11H,2-7H2,1H3,(H,16,17). The van der Waals surface area contributed by atoms with E-state index in [0.717, 1.165) is 36.9 Å². The van der Waals surface area contributed by atoms with Crippen molar-refractivity contribution in [2.45, 2.75) is 50.0 Å². The summed E-state index contributed by atoms with van der Waals surface area (Å²) < 4.78 is 29.0. The minimum Gasteiger partial charge on any atom is -0.280 e. The fourth-order valence-electron chi connectivity index (χ4n) is 3.12. The number of nitrogens with one attached hydrogen (secondary N) is 1. The Morgan fingerprint density at radius 1 is 1.32 bits per heavy atom. The number of anilines is 1. The van der Waals surface area contributed by atoms with Crippen LogP contribution in [-0.4, -0.2) is 34.9 Å². The zero-order valence-corrected chi connectivity index (χ0v) is 13.3. The van der Waals surface area contributed by atoms with Crippen LogP contribution in [-0.2, 0) is 16.4 Å². The number of hydrogen-bond acceptors (Lipinski definition) is 4. The molecule has 0 bridgehead atoms. The molecule has 0 unspecified atom stereocenters. The third kappa shape index (κ3) is 1.97. The van der Waals surface area contributed by atoms with Crippen molar-refractivity contribution in [2.24, 2.45) is 0 Å². The molecular formula is C14H19N5O2S. The molecule has 1 aliphatic heterocycles. The van der Waals surface area contributed by atoms with Crippen LogP contribution in [0.25, 0.3) is 0 Å². The molecule has 1 N–H and O–H groups in total. The highest BCUT2D eigenvalue weighted by Crippen LogP contribution is 2.34. The van der Waals surface area contributed by atoms with E-state index < -0.39 is 10.0 Å². The summed E-state index contributed by atoms with van der Waals surface area (Å²) in [5.41, 5.74) is 1.95. The predicted octanol–water partition coefficient (Wildman–Crippen LogP) is 1.78. The topological polar surface area (TPSA) is 83.9 Å². The maximum absolute atomic E-state index is 12.9. The van der Waals surface area contributed by atoms with E-state index >= 15 is 0 Å². The molecule has 1 aliphatic carbocycles. The number of hydrogen-bond donors (Lipinski definition) is 1. The quantitative estimate of drug-likeness (QED) is 0.934. The first-order chi connectivity index (χ1) is 10.6. The van der Waals surface area contributed by atoms with Crippen molar-refractivity contribution >= 4 is 15.8 Å². The third-order valence-corrected chi connectivity index (χ3v) is 6.43. The molecule has 1 saturated carbocycles. The zero-order valence-electron chi connectivity index (χ0n) is 12.5. The van der Waals surface area contributed by atoms with Crippen LogP contribution >= 0.6 is 0 Å². The Balaban J connectivity index is 1.70. The lowest BCUT2D eigenvalue weighted by Crippen LogP contribution is -2.35. The number of fused-ring (bicyclic) bond motifs is 1. The smallest absolute Gasteiger partial charge is 0.268 e. The van der Waals surface area contributed by atoms with Gasteiger partial charge in [-0.2, -0.15) is 10.2 Å². The molecule has 118 valence electrons. The third-order valence-electron chi connectivity index (χ3n) is 4.69. The van der Waals surface area contributed by atoms with Crippen LogP contribution in [0.4, 0.5) is 5.82 Å². The van der Waals surface area contributed by atoms with Gasteiger partial charge in [0.1, 0.15) is 4.90 Å². The summed E-state index contributed by atoms with van der Waals surface area (Å²) >= 11 is 0. The highest BCUT2D eigenvalue weighted by molar-refractivity contribution is 7.92.